The Bertz CT molecular complexity index is 1240. The molecule has 2 aromatic heterocycles. The molecular formula is C23H26ClFN6O4. The minimum absolute atomic E-state index is 0.0137. The second kappa shape index (κ2) is 9.82. The van der Waals surface area contributed by atoms with E-state index in [4.69, 9.17) is 26.2 Å². The fourth-order valence-corrected chi connectivity index (χ4v) is 4.98. The number of nitrogens with one attached hydrogen (secondary N) is 1. The average molecular weight is 505 g/mol. The van der Waals surface area contributed by atoms with Crippen LogP contribution in [-0.2, 0) is 11.2 Å². The molecule has 10 nitrogen and oxygen atoms in total. The maximum Gasteiger partial charge on any atom is 0.407 e. The number of imidazole rings is 1. The van der Waals surface area contributed by atoms with E-state index in [2.05, 4.69) is 20.3 Å². The number of nitrogens with zero attached hydrogens (tertiary/aromatic N) is 5. The van der Waals surface area contributed by atoms with Gasteiger partial charge in [-0.2, -0.15) is 0 Å². The predicted molar refractivity (Wildman–Crippen MR) is 127 cm³/mol. The van der Waals surface area contributed by atoms with Gasteiger partial charge in [-0.05, 0) is 37.3 Å². The molecule has 5 rings (SSSR count). The lowest BCUT2D eigenvalue weighted by Gasteiger charge is -2.38. The summed E-state index contributed by atoms with van der Waals surface area (Å²) in [5.74, 6) is 0.116. The maximum absolute atomic E-state index is 14.9. The van der Waals surface area contributed by atoms with Crippen LogP contribution in [0.25, 0.3) is 11.2 Å². The molecule has 186 valence electrons. The quantitative estimate of drug-likeness (QED) is 0.495. The molecule has 12 heteroatoms. The van der Waals surface area contributed by atoms with E-state index in [-0.39, 0.29) is 30.3 Å². The number of benzene rings is 1. The minimum atomic E-state index is -1.03. The lowest BCUT2D eigenvalue weighted by molar-refractivity contribution is -0.0298. The Morgan fingerprint density at radius 1 is 1.34 bits per heavy atom. The number of carboxylic acid groups (broad SMARTS) is 1. The molecule has 35 heavy (non-hydrogen) atoms. The van der Waals surface area contributed by atoms with E-state index in [0.29, 0.717) is 41.3 Å². The van der Waals surface area contributed by atoms with Crippen molar-refractivity contribution in [2.45, 2.75) is 37.8 Å². The Kier molecular flexibility index (Phi) is 6.61. The normalized spacial score (nSPS) is 18.5. The first-order valence-electron chi connectivity index (χ1n) is 11.5. The van der Waals surface area contributed by atoms with E-state index >= 15 is 0 Å². The lowest BCUT2D eigenvalue weighted by Crippen LogP contribution is -2.48. The molecule has 0 spiro atoms. The molecule has 2 aliphatic rings. The third-order valence-electron chi connectivity index (χ3n) is 6.56. The molecule has 4 heterocycles. The summed E-state index contributed by atoms with van der Waals surface area (Å²) in [7, 11) is 1.48. The summed E-state index contributed by atoms with van der Waals surface area (Å²) in [4.78, 5) is 25.6. The molecule has 2 fully saturated rings. The largest absolute Gasteiger partial charge is 0.496 e. The molecule has 1 amide bonds. The van der Waals surface area contributed by atoms with Crippen LogP contribution >= 0.6 is 11.6 Å². The molecule has 2 N–H and O–H groups in total. The van der Waals surface area contributed by atoms with Gasteiger partial charge >= 0.3 is 6.09 Å². The van der Waals surface area contributed by atoms with Gasteiger partial charge in [-0.1, -0.05) is 11.6 Å². The third-order valence-corrected chi connectivity index (χ3v) is 6.83. The highest BCUT2D eigenvalue weighted by atomic mass is 35.5. The highest BCUT2D eigenvalue weighted by molar-refractivity contribution is 6.31. The van der Waals surface area contributed by atoms with E-state index in [1.54, 1.807) is 12.4 Å². The molecule has 1 aromatic carbocycles. The molecule has 2 saturated heterocycles. The first-order valence-corrected chi connectivity index (χ1v) is 11.9. The van der Waals surface area contributed by atoms with Crippen molar-refractivity contribution in [3.8, 4) is 5.75 Å². The number of rotatable bonds is 7. The number of halogens is 2. The standard InChI is InChI=1S/C23H26ClFN6O4/c1-34-20-13(8-15(24)18(25)17(20)14-9-30(10-14)23(32)33)5-6-26-21-19-22(28-11-27-21)31(12-29-19)16-4-2-3-7-35-16/h8,11-12,14,16H,2-7,9-10H2,1H3,(H,32,33)(H,26,27,28). The molecule has 0 saturated carbocycles. The molecule has 0 aliphatic carbocycles. The van der Waals surface area contributed by atoms with Crippen molar-refractivity contribution in [1.29, 1.82) is 0 Å². The predicted octanol–water partition coefficient (Wildman–Crippen LogP) is 4.06. The molecule has 2 aliphatic heterocycles. The van der Waals surface area contributed by atoms with Crippen molar-refractivity contribution in [1.82, 2.24) is 24.4 Å². The van der Waals surface area contributed by atoms with Crippen LogP contribution in [0.15, 0.2) is 18.7 Å². The number of anilines is 1. The molecule has 1 atom stereocenters. The lowest BCUT2D eigenvalue weighted by atomic mass is 9.88. The number of methoxy groups -OCH3 is 1. The van der Waals surface area contributed by atoms with Crippen LogP contribution in [0.4, 0.5) is 15.0 Å². The summed E-state index contributed by atoms with van der Waals surface area (Å²) < 4.78 is 28.3. The average Bonchev–Trinajstić information content (AvgIpc) is 3.26. The Labute approximate surface area is 206 Å². The van der Waals surface area contributed by atoms with Crippen LogP contribution in [0.3, 0.4) is 0 Å². The summed E-state index contributed by atoms with van der Waals surface area (Å²) in [6.07, 6.45) is 5.66. The Balaban J connectivity index is 1.33. The zero-order valence-electron chi connectivity index (χ0n) is 19.2. The Morgan fingerprint density at radius 2 is 2.17 bits per heavy atom. The molecule has 3 aromatic rings. The smallest absolute Gasteiger partial charge is 0.407 e. The highest BCUT2D eigenvalue weighted by Gasteiger charge is 2.36. The number of fused-ring (bicyclic) bond motifs is 1. The fourth-order valence-electron chi connectivity index (χ4n) is 4.74. The zero-order valence-corrected chi connectivity index (χ0v) is 20.0. The zero-order chi connectivity index (χ0) is 24.5. The van der Waals surface area contributed by atoms with E-state index in [1.807, 2.05) is 4.57 Å². The van der Waals surface area contributed by atoms with Gasteiger partial charge in [0.25, 0.3) is 0 Å². The number of carbonyl (C=O) groups is 1. The van der Waals surface area contributed by atoms with Gasteiger partial charge in [-0.3, -0.25) is 4.57 Å². The number of amides is 1. The Hall–Kier alpha value is -3.18. The first-order chi connectivity index (χ1) is 17.0. The minimum Gasteiger partial charge on any atom is -0.496 e. The summed E-state index contributed by atoms with van der Waals surface area (Å²) in [6.45, 7) is 1.59. The van der Waals surface area contributed by atoms with Crippen LogP contribution < -0.4 is 10.1 Å². The van der Waals surface area contributed by atoms with E-state index in [1.165, 1.54) is 18.3 Å². The second-order valence-electron chi connectivity index (χ2n) is 8.71. The van der Waals surface area contributed by atoms with E-state index < -0.39 is 11.9 Å². The van der Waals surface area contributed by atoms with Crippen LogP contribution in [0, 0.1) is 5.82 Å². The number of ether oxygens (including phenoxy) is 2. The van der Waals surface area contributed by atoms with Crippen molar-refractivity contribution in [2.24, 2.45) is 0 Å². The van der Waals surface area contributed by atoms with Crippen molar-refractivity contribution in [2.75, 3.05) is 38.7 Å². The molecule has 0 bridgehead atoms. The van der Waals surface area contributed by atoms with Gasteiger partial charge in [0, 0.05) is 37.7 Å². The number of likely N-dealkylation sites (tertiary alicyclic amines) is 1. The van der Waals surface area contributed by atoms with Crippen LogP contribution in [0.2, 0.25) is 5.02 Å². The van der Waals surface area contributed by atoms with Crippen LogP contribution in [0.1, 0.15) is 42.5 Å². The molecule has 0 radical (unpaired) electrons. The molecular weight excluding hydrogens is 479 g/mol. The second-order valence-corrected chi connectivity index (χ2v) is 9.11. The Morgan fingerprint density at radius 3 is 2.89 bits per heavy atom. The summed E-state index contributed by atoms with van der Waals surface area (Å²) in [6, 6.07) is 1.55. The summed E-state index contributed by atoms with van der Waals surface area (Å²) in [5.41, 5.74) is 2.39. The number of hydrogen-bond acceptors (Lipinski definition) is 7. The highest BCUT2D eigenvalue weighted by Crippen LogP contribution is 2.40. The topological polar surface area (TPSA) is 115 Å². The maximum atomic E-state index is 14.9. The van der Waals surface area contributed by atoms with Gasteiger partial charge in [0.15, 0.2) is 17.0 Å². The van der Waals surface area contributed by atoms with Crippen molar-refractivity contribution in [3.63, 3.8) is 0 Å². The van der Waals surface area contributed by atoms with Crippen molar-refractivity contribution in [3.05, 3.63) is 40.7 Å². The number of hydrogen-bond donors (Lipinski definition) is 2. The monoisotopic (exact) mass is 504 g/mol. The summed E-state index contributed by atoms with van der Waals surface area (Å²) in [5, 5.41) is 12.4. The number of aromatic nitrogens is 4. The SMILES string of the molecule is COc1c(CCNc2ncnc3c2ncn3C2CCCCO2)cc(Cl)c(F)c1C1CN(C(=O)O)C1. The van der Waals surface area contributed by atoms with Gasteiger partial charge in [0.1, 0.15) is 24.1 Å². The van der Waals surface area contributed by atoms with Crippen LogP contribution in [0.5, 0.6) is 5.75 Å². The van der Waals surface area contributed by atoms with E-state index in [9.17, 15) is 9.18 Å². The first kappa shape index (κ1) is 23.6. The molecule has 1 unspecified atom stereocenters. The summed E-state index contributed by atoms with van der Waals surface area (Å²) >= 11 is 6.20. The van der Waals surface area contributed by atoms with Crippen molar-refractivity contribution >= 4 is 34.7 Å². The fraction of sp³-hybridized carbons (Fsp3) is 0.478. The van der Waals surface area contributed by atoms with Gasteiger partial charge in [-0.15, -0.1) is 0 Å². The van der Waals surface area contributed by atoms with Gasteiger partial charge in [-0.25, -0.2) is 24.1 Å². The van der Waals surface area contributed by atoms with Gasteiger partial charge in [0.05, 0.1) is 18.5 Å². The third kappa shape index (κ3) is 4.45. The van der Waals surface area contributed by atoms with Gasteiger partial charge < -0.3 is 24.8 Å². The van der Waals surface area contributed by atoms with Gasteiger partial charge in [0.2, 0.25) is 0 Å². The van der Waals surface area contributed by atoms with Crippen LogP contribution in [-0.4, -0.2) is 69.0 Å². The van der Waals surface area contributed by atoms with E-state index in [0.717, 1.165) is 31.4 Å². The van der Waals surface area contributed by atoms with Crippen molar-refractivity contribution < 1.29 is 23.8 Å².